The molecule has 0 bridgehead atoms. The second-order valence-electron chi connectivity index (χ2n) is 6.06. The minimum Gasteiger partial charge on any atom is -0.325 e. The third-order valence-corrected chi connectivity index (χ3v) is 6.19. The molecule has 1 amide bonds. The van der Waals surface area contributed by atoms with Gasteiger partial charge in [-0.05, 0) is 48.9 Å². The summed E-state index contributed by atoms with van der Waals surface area (Å²) in [4.78, 5) is 13.1. The zero-order valence-electron chi connectivity index (χ0n) is 14.2. The lowest BCUT2D eigenvalue weighted by Gasteiger charge is -2.32. The number of carbonyl (C=O) groups is 1. The summed E-state index contributed by atoms with van der Waals surface area (Å²) in [6, 6.07) is 14.7. The number of hydrogen-bond donors (Lipinski definition) is 2. The molecule has 0 saturated heterocycles. The highest BCUT2D eigenvalue weighted by atomic mass is 79.9. The van der Waals surface area contributed by atoms with Gasteiger partial charge in [-0.15, -0.1) is 10.2 Å². The Morgan fingerprint density at radius 2 is 1.89 bits per heavy atom. The van der Waals surface area contributed by atoms with Crippen LogP contribution in [0.3, 0.4) is 0 Å². The van der Waals surface area contributed by atoms with Crippen LogP contribution < -0.4 is 10.7 Å². The molecule has 9 heteroatoms. The zero-order chi connectivity index (χ0) is 19.0. The quantitative estimate of drug-likeness (QED) is 0.601. The SMILES string of the molecule is Cc1nnc2n1NC(c1ccc(Cl)cc1)C(C(=O)Nc1ccc(Br)cc1)S2. The maximum Gasteiger partial charge on any atom is 0.240 e. The highest BCUT2D eigenvalue weighted by molar-refractivity contribution is 9.10. The first kappa shape index (κ1) is 18.3. The number of nitrogens with zero attached hydrogens (tertiary/aromatic N) is 3. The fraction of sp³-hybridized carbons (Fsp3) is 0.167. The van der Waals surface area contributed by atoms with Gasteiger partial charge < -0.3 is 10.7 Å². The van der Waals surface area contributed by atoms with Gasteiger partial charge in [-0.2, -0.15) is 0 Å². The van der Waals surface area contributed by atoms with Crippen LogP contribution in [0, 0.1) is 6.92 Å². The molecular weight excluding hydrogens is 450 g/mol. The third kappa shape index (κ3) is 3.83. The summed E-state index contributed by atoms with van der Waals surface area (Å²) < 4.78 is 2.77. The number of halogens is 2. The first-order valence-electron chi connectivity index (χ1n) is 8.18. The zero-order valence-corrected chi connectivity index (χ0v) is 17.3. The van der Waals surface area contributed by atoms with Crippen LogP contribution in [0.1, 0.15) is 17.4 Å². The van der Waals surface area contributed by atoms with Crippen molar-refractivity contribution < 1.29 is 4.79 Å². The normalized spacial score (nSPS) is 18.5. The molecule has 2 unspecified atom stereocenters. The van der Waals surface area contributed by atoms with E-state index < -0.39 is 5.25 Å². The first-order valence-corrected chi connectivity index (χ1v) is 10.2. The first-order chi connectivity index (χ1) is 13.0. The molecule has 2 aromatic carbocycles. The summed E-state index contributed by atoms with van der Waals surface area (Å²) in [7, 11) is 0. The summed E-state index contributed by atoms with van der Waals surface area (Å²) in [5.41, 5.74) is 5.06. The molecule has 1 aromatic heterocycles. The molecular formula is C18H15BrClN5OS. The molecule has 0 spiro atoms. The van der Waals surface area contributed by atoms with Gasteiger partial charge in [-0.1, -0.05) is 51.4 Å². The molecule has 2 N–H and O–H groups in total. The monoisotopic (exact) mass is 463 g/mol. The van der Waals surface area contributed by atoms with E-state index in [0.717, 1.165) is 21.5 Å². The van der Waals surface area contributed by atoms with Crippen molar-refractivity contribution in [2.24, 2.45) is 0 Å². The number of fused-ring (bicyclic) bond motifs is 1. The molecule has 0 radical (unpaired) electrons. The van der Waals surface area contributed by atoms with Gasteiger partial charge in [0, 0.05) is 15.2 Å². The van der Waals surface area contributed by atoms with Crippen LogP contribution in [0.25, 0.3) is 0 Å². The van der Waals surface area contributed by atoms with E-state index in [4.69, 9.17) is 11.6 Å². The van der Waals surface area contributed by atoms with Gasteiger partial charge in [-0.25, -0.2) is 4.68 Å². The fourth-order valence-corrected chi connectivity index (χ4v) is 4.34. The summed E-state index contributed by atoms with van der Waals surface area (Å²) >= 11 is 10.8. The van der Waals surface area contributed by atoms with Gasteiger partial charge in [0.15, 0.2) is 0 Å². The number of anilines is 1. The number of rotatable bonds is 3. The predicted molar refractivity (Wildman–Crippen MR) is 111 cm³/mol. The molecule has 0 saturated carbocycles. The highest BCUT2D eigenvalue weighted by Crippen LogP contribution is 2.37. The Hall–Kier alpha value is -2.03. The molecule has 2 atom stereocenters. The van der Waals surface area contributed by atoms with Crippen molar-refractivity contribution in [3.05, 3.63) is 69.4 Å². The Labute approximate surface area is 173 Å². The largest absolute Gasteiger partial charge is 0.325 e. The van der Waals surface area contributed by atoms with Gasteiger partial charge in [0.05, 0.1) is 6.04 Å². The van der Waals surface area contributed by atoms with E-state index in [0.29, 0.717) is 10.2 Å². The minimum absolute atomic E-state index is 0.110. The number of carbonyl (C=O) groups excluding carboxylic acids is 1. The molecule has 27 heavy (non-hydrogen) atoms. The van der Waals surface area contributed by atoms with E-state index in [9.17, 15) is 4.79 Å². The lowest BCUT2D eigenvalue weighted by atomic mass is 10.0. The minimum atomic E-state index is -0.425. The van der Waals surface area contributed by atoms with E-state index in [-0.39, 0.29) is 11.9 Å². The van der Waals surface area contributed by atoms with E-state index in [2.05, 4.69) is 36.9 Å². The molecule has 2 heterocycles. The standard InChI is InChI=1S/C18H15BrClN5OS/c1-10-22-23-18-25(10)24-15(11-2-6-13(20)7-3-11)16(27-18)17(26)21-14-8-4-12(19)5-9-14/h2-9,15-16,24H,1H3,(H,21,26). The van der Waals surface area contributed by atoms with Gasteiger partial charge in [-0.3, -0.25) is 4.79 Å². The van der Waals surface area contributed by atoms with E-state index >= 15 is 0 Å². The average molecular weight is 465 g/mol. The molecule has 6 nitrogen and oxygen atoms in total. The van der Waals surface area contributed by atoms with Gasteiger partial charge in [0.1, 0.15) is 11.1 Å². The maximum absolute atomic E-state index is 13.1. The summed E-state index contributed by atoms with van der Waals surface area (Å²) in [6.45, 7) is 1.87. The van der Waals surface area contributed by atoms with Crippen molar-refractivity contribution in [3.63, 3.8) is 0 Å². The van der Waals surface area contributed by atoms with Crippen molar-refractivity contribution in [3.8, 4) is 0 Å². The molecule has 3 aromatic rings. The van der Waals surface area contributed by atoms with Crippen LogP contribution in [0.5, 0.6) is 0 Å². The Morgan fingerprint density at radius 1 is 1.19 bits per heavy atom. The molecule has 0 aliphatic carbocycles. The topological polar surface area (TPSA) is 71.8 Å². The lowest BCUT2D eigenvalue weighted by Crippen LogP contribution is -2.41. The van der Waals surface area contributed by atoms with Crippen LogP contribution >= 0.6 is 39.3 Å². The number of thioether (sulfide) groups is 1. The van der Waals surface area contributed by atoms with Crippen LogP contribution in [0.15, 0.2) is 58.2 Å². The van der Waals surface area contributed by atoms with Crippen molar-refractivity contribution in [2.45, 2.75) is 23.4 Å². The number of hydrogen-bond acceptors (Lipinski definition) is 5. The summed E-state index contributed by atoms with van der Waals surface area (Å²) in [5, 5.41) is 12.1. The lowest BCUT2D eigenvalue weighted by molar-refractivity contribution is -0.116. The Morgan fingerprint density at radius 3 is 2.59 bits per heavy atom. The maximum atomic E-state index is 13.1. The highest BCUT2D eigenvalue weighted by Gasteiger charge is 2.37. The summed E-state index contributed by atoms with van der Waals surface area (Å²) in [6.07, 6.45) is 0. The predicted octanol–water partition coefficient (Wildman–Crippen LogP) is 4.40. The second-order valence-corrected chi connectivity index (χ2v) is 8.52. The van der Waals surface area contributed by atoms with Gasteiger partial charge >= 0.3 is 0 Å². The number of nitrogens with one attached hydrogen (secondary N) is 2. The van der Waals surface area contributed by atoms with Crippen molar-refractivity contribution in [2.75, 3.05) is 10.7 Å². The van der Waals surface area contributed by atoms with Crippen LogP contribution in [0.2, 0.25) is 5.02 Å². The van der Waals surface area contributed by atoms with E-state index in [1.807, 2.05) is 60.1 Å². The van der Waals surface area contributed by atoms with Crippen LogP contribution in [0.4, 0.5) is 5.69 Å². The Balaban J connectivity index is 1.65. The van der Waals surface area contributed by atoms with Crippen molar-refractivity contribution in [1.29, 1.82) is 0 Å². The van der Waals surface area contributed by atoms with Gasteiger partial charge in [0.2, 0.25) is 11.1 Å². The Kier molecular flexibility index (Phi) is 5.12. The number of aromatic nitrogens is 3. The molecule has 4 rings (SSSR count). The average Bonchev–Trinajstić information content (AvgIpc) is 3.03. The number of amides is 1. The second kappa shape index (κ2) is 7.53. The van der Waals surface area contributed by atoms with Crippen LogP contribution in [-0.4, -0.2) is 26.0 Å². The van der Waals surface area contributed by atoms with Gasteiger partial charge in [0.25, 0.3) is 0 Å². The molecule has 138 valence electrons. The third-order valence-electron chi connectivity index (χ3n) is 4.20. The smallest absolute Gasteiger partial charge is 0.240 e. The number of benzene rings is 2. The van der Waals surface area contributed by atoms with Crippen molar-refractivity contribution >= 4 is 50.9 Å². The number of aryl methyl sites for hydroxylation is 1. The Bertz CT molecular complexity index is 976. The van der Waals surface area contributed by atoms with E-state index in [1.165, 1.54) is 11.8 Å². The van der Waals surface area contributed by atoms with Crippen LogP contribution in [-0.2, 0) is 4.79 Å². The van der Waals surface area contributed by atoms with E-state index in [1.54, 1.807) is 0 Å². The molecule has 1 aliphatic rings. The van der Waals surface area contributed by atoms with Crippen molar-refractivity contribution in [1.82, 2.24) is 14.9 Å². The fourth-order valence-electron chi connectivity index (χ4n) is 2.83. The molecule has 1 aliphatic heterocycles. The molecule has 0 fully saturated rings. The summed E-state index contributed by atoms with van der Waals surface area (Å²) in [5.74, 6) is 0.630.